The summed E-state index contributed by atoms with van der Waals surface area (Å²) in [5, 5.41) is 8.45. The lowest BCUT2D eigenvalue weighted by molar-refractivity contribution is -0.146. The molecule has 0 aromatic rings. The van der Waals surface area contributed by atoms with Crippen molar-refractivity contribution in [2.24, 2.45) is 5.92 Å². The van der Waals surface area contributed by atoms with Gasteiger partial charge < -0.3 is 4.74 Å². The Kier molecular flexibility index (Phi) is 4.70. The van der Waals surface area contributed by atoms with E-state index < -0.39 is 11.9 Å². The Morgan fingerprint density at radius 2 is 2.17 bits per heavy atom. The summed E-state index contributed by atoms with van der Waals surface area (Å²) in [4.78, 5) is 21.8. The van der Waals surface area contributed by atoms with Crippen LogP contribution in [0.2, 0.25) is 0 Å². The largest absolute Gasteiger partial charge is 0.468 e. The van der Waals surface area contributed by atoms with E-state index in [9.17, 15) is 9.59 Å². The molecular formula is C8H11NO3. The van der Waals surface area contributed by atoms with E-state index in [1.54, 1.807) is 6.07 Å². The highest BCUT2D eigenvalue weighted by Crippen LogP contribution is 2.04. The van der Waals surface area contributed by atoms with Crippen LogP contribution in [0.3, 0.4) is 0 Å². The summed E-state index contributed by atoms with van der Waals surface area (Å²) in [5.41, 5.74) is 0. The SMILES string of the molecule is CCCC(=O)C(C#N)C(=O)OC. The second kappa shape index (κ2) is 5.30. The topological polar surface area (TPSA) is 67.2 Å². The number of ketones is 1. The summed E-state index contributed by atoms with van der Waals surface area (Å²) in [5.74, 6) is -2.38. The minimum Gasteiger partial charge on any atom is -0.468 e. The number of nitrogens with zero attached hydrogens (tertiary/aromatic N) is 1. The van der Waals surface area contributed by atoms with E-state index in [1.807, 2.05) is 6.92 Å². The van der Waals surface area contributed by atoms with Crippen molar-refractivity contribution in [1.29, 1.82) is 5.26 Å². The lowest BCUT2D eigenvalue weighted by atomic mass is 10.0. The molecule has 12 heavy (non-hydrogen) atoms. The summed E-state index contributed by atoms with van der Waals surface area (Å²) in [6.07, 6.45) is 0.876. The normalized spacial score (nSPS) is 11.4. The van der Waals surface area contributed by atoms with Gasteiger partial charge in [0.2, 0.25) is 5.92 Å². The number of ether oxygens (including phenoxy) is 1. The molecule has 66 valence electrons. The molecule has 0 aromatic heterocycles. The van der Waals surface area contributed by atoms with Gasteiger partial charge in [-0.1, -0.05) is 6.92 Å². The van der Waals surface area contributed by atoms with Crippen molar-refractivity contribution in [1.82, 2.24) is 0 Å². The third kappa shape index (κ3) is 2.70. The number of hydrogen-bond donors (Lipinski definition) is 0. The lowest BCUT2D eigenvalue weighted by Gasteiger charge is -2.03. The van der Waals surface area contributed by atoms with Crippen LogP contribution >= 0.6 is 0 Å². The molecule has 0 saturated carbocycles. The second-order valence-corrected chi connectivity index (χ2v) is 2.30. The maximum absolute atomic E-state index is 11.1. The quantitative estimate of drug-likeness (QED) is 0.458. The molecule has 0 aliphatic carbocycles. The number of carbonyl (C=O) groups is 2. The molecule has 4 heteroatoms. The van der Waals surface area contributed by atoms with Gasteiger partial charge in [-0.05, 0) is 6.42 Å². The number of rotatable bonds is 4. The van der Waals surface area contributed by atoms with Gasteiger partial charge in [0, 0.05) is 6.42 Å². The fourth-order valence-electron chi connectivity index (χ4n) is 0.765. The second-order valence-electron chi connectivity index (χ2n) is 2.30. The number of methoxy groups -OCH3 is 1. The van der Waals surface area contributed by atoms with Crippen molar-refractivity contribution in [3.63, 3.8) is 0 Å². The number of nitriles is 1. The van der Waals surface area contributed by atoms with E-state index in [0.29, 0.717) is 6.42 Å². The molecule has 0 aliphatic rings. The van der Waals surface area contributed by atoms with Gasteiger partial charge in [-0.25, -0.2) is 0 Å². The molecule has 0 amide bonds. The Labute approximate surface area is 71.1 Å². The number of carbonyl (C=O) groups excluding carboxylic acids is 2. The molecule has 0 N–H and O–H groups in total. The van der Waals surface area contributed by atoms with Gasteiger partial charge in [0.05, 0.1) is 13.2 Å². The zero-order valence-electron chi connectivity index (χ0n) is 7.16. The Balaban J connectivity index is 4.27. The maximum atomic E-state index is 11.1. The van der Waals surface area contributed by atoms with Crippen molar-refractivity contribution < 1.29 is 14.3 Å². The van der Waals surface area contributed by atoms with Gasteiger partial charge in [0.25, 0.3) is 0 Å². The Hall–Kier alpha value is -1.37. The van der Waals surface area contributed by atoms with Crippen LogP contribution in [0.25, 0.3) is 0 Å². The number of esters is 1. The molecule has 0 radical (unpaired) electrons. The summed E-state index contributed by atoms with van der Waals surface area (Å²) in [6, 6.07) is 1.61. The van der Waals surface area contributed by atoms with Gasteiger partial charge in [-0.3, -0.25) is 9.59 Å². The standard InChI is InChI=1S/C8H11NO3/c1-3-4-7(10)6(5-9)8(11)12-2/h6H,3-4H2,1-2H3. The van der Waals surface area contributed by atoms with Crippen LogP contribution in [-0.2, 0) is 14.3 Å². The summed E-state index contributed by atoms with van der Waals surface area (Å²) < 4.78 is 4.29. The molecule has 0 spiro atoms. The Bertz CT molecular complexity index is 217. The van der Waals surface area contributed by atoms with E-state index in [2.05, 4.69) is 4.74 Å². The summed E-state index contributed by atoms with van der Waals surface area (Å²) in [6.45, 7) is 1.81. The molecule has 0 aliphatic heterocycles. The van der Waals surface area contributed by atoms with E-state index in [1.165, 1.54) is 0 Å². The van der Waals surface area contributed by atoms with Crippen LogP contribution in [0, 0.1) is 17.2 Å². The van der Waals surface area contributed by atoms with Crippen LogP contribution in [-0.4, -0.2) is 18.9 Å². The van der Waals surface area contributed by atoms with E-state index in [-0.39, 0.29) is 12.2 Å². The van der Waals surface area contributed by atoms with E-state index in [0.717, 1.165) is 7.11 Å². The van der Waals surface area contributed by atoms with Gasteiger partial charge in [0.1, 0.15) is 0 Å². The van der Waals surface area contributed by atoms with Gasteiger partial charge in [-0.2, -0.15) is 5.26 Å². The van der Waals surface area contributed by atoms with Crippen molar-refractivity contribution >= 4 is 11.8 Å². The average Bonchev–Trinajstić information content (AvgIpc) is 2.06. The van der Waals surface area contributed by atoms with E-state index >= 15 is 0 Å². The fourth-order valence-corrected chi connectivity index (χ4v) is 0.765. The highest BCUT2D eigenvalue weighted by Gasteiger charge is 2.25. The number of Topliss-reactive ketones (excluding diaryl/α,β-unsaturated/α-hetero) is 1. The summed E-state index contributed by atoms with van der Waals surface area (Å²) in [7, 11) is 1.16. The molecule has 0 saturated heterocycles. The van der Waals surface area contributed by atoms with Gasteiger partial charge in [-0.15, -0.1) is 0 Å². The van der Waals surface area contributed by atoms with Crippen molar-refractivity contribution in [2.45, 2.75) is 19.8 Å². The third-order valence-corrected chi connectivity index (χ3v) is 1.38. The van der Waals surface area contributed by atoms with Crippen LogP contribution in [0.4, 0.5) is 0 Å². The molecule has 0 aromatic carbocycles. The zero-order chi connectivity index (χ0) is 9.56. The first-order valence-corrected chi connectivity index (χ1v) is 3.67. The van der Waals surface area contributed by atoms with Gasteiger partial charge >= 0.3 is 5.97 Å². The minimum absolute atomic E-state index is 0.243. The van der Waals surface area contributed by atoms with Gasteiger partial charge in [0.15, 0.2) is 5.78 Å². The van der Waals surface area contributed by atoms with Crippen LogP contribution in [0.15, 0.2) is 0 Å². The molecule has 0 heterocycles. The molecule has 0 fully saturated rings. The summed E-state index contributed by atoms with van der Waals surface area (Å²) >= 11 is 0. The maximum Gasteiger partial charge on any atom is 0.330 e. The minimum atomic E-state index is -1.24. The first-order chi connectivity index (χ1) is 5.67. The highest BCUT2D eigenvalue weighted by atomic mass is 16.5. The molecule has 1 atom stereocenters. The average molecular weight is 169 g/mol. The van der Waals surface area contributed by atoms with Crippen molar-refractivity contribution in [2.75, 3.05) is 7.11 Å². The van der Waals surface area contributed by atoms with Crippen LogP contribution in [0.1, 0.15) is 19.8 Å². The predicted molar refractivity (Wildman–Crippen MR) is 41.0 cm³/mol. The first-order valence-electron chi connectivity index (χ1n) is 3.67. The van der Waals surface area contributed by atoms with Crippen molar-refractivity contribution in [3.05, 3.63) is 0 Å². The zero-order valence-corrected chi connectivity index (χ0v) is 7.16. The fraction of sp³-hybridized carbons (Fsp3) is 0.625. The van der Waals surface area contributed by atoms with Crippen molar-refractivity contribution in [3.8, 4) is 6.07 Å². The molecule has 1 unspecified atom stereocenters. The molecular weight excluding hydrogens is 158 g/mol. The van der Waals surface area contributed by atoms with Crippen LogP contribution in [0.5, 0.6) is 0 Å². The van der Waals surface area contributed by atoms with E-state index in [4.69, 9.17) is 5.26 Å². The number of hydrogen-bond acceptors (Lipinski definition) is 4. The lowest BCUT2D eigenvalue weighted by Crippen LogP contribution is -2.23. The Morgan fingerprint density at radius 3 is 2.50 bits per heavy atom. The first kappa shape index (κ1) is 10.6. The third-order valence-electron chi connectivity index (χ3n) is 1.38. The molecule has 4 nitrogen and oxygen atoms in total. The highest BCUT2D eigenvalue weighted by molar-refractivity contribution is 6.01. The molecule has 0 bridgehead atoms. The predicted octanol–water partition coefficient (Wildman–Crippen LogP) is 0.668. The Morgan fingerprint density at radius 1 is 1.58 bits per heavy atom. The molecule has 0 rings (SSSR count). The smallest absolute Gasteiger partial charge is 0.330 e. The monoisotopic (exact) mass is 169 g/mol. The van der Waals surface area contributed by atoms with Crippen LogP contribution < -0.4 is 0 Å².